The minimum atomic E-state index is -0.0797. The molecule has 0 amide bonds. The molecule has 1 aliphatic heterocycles. The van der Waals surface area contributed by atoms with Crippen LogP contribution in [0, 0.1) is 0 Å². The van der Waals surface area contributed by atoms with E-state index in [1.807, 2.05) is 0 Å². The van der Waals surface area contributed by atoms with Gasteiger partial charge in [0.1, 0.15) is 0 Å². The minimum absolute atomic E-state index is 0.0797. The summed E-state index contributed by atoms with van der Waals surface area (Å²) >= 11 is 0. The maximum absolute atomic E-state index is 5.90. The first-order chi connectivity index (χ1) is 9.54. The second-order valence-electron chi connectivity index (χ2n) is 7.00. The smallest absolute Gasteiger partial charge is 0.232 e. The Morgan fingerprint density at radius 2 is 2.05 bits per heavy atom. The third-order valence-electron chi connectivity index (χ3n) is 4.30. The molecule has 0 bridgehead atoms. The van der Waals surface area contributed by atoms with Gasteiger partial charge in [0, 0.05) is 18.0 Å². The molecule has 0 aromatic carbocycles. The van der Waals surface area contributed by atoms with E-state index in [0.717, 1.165) is 31.4 Å². The lowest BCUT2D eigenvalue weighted by Gasteiger charge is -2.43. The van der Waals surface area contributed by atoms with Crippen LogP contribution in [-0.4, -0.2) is 40.3 Å². The zero-order chi connectivity index (χ0) is 14.2. The van der Waals surface area contributed by atoms with E-state index in [1.165, 1.54) is 25.7 Å². The quantitative estimate of drug-likeness (QED) is 0.832. The Hall–Kier alpha value is -0.940. The van der Waals surface area contributed by atoms with Gasteiger partial charge in [0.25, 0.3) is 0 Å². The van der Waals surface area contributed by atoms with E-state index in [9.17, 15) is 0 Å². The highest BCUT2D eigenvalue weighted by molar-refractivity contribution is 4.99. The standard InChI is InChI=1S/C15H25N3O2/c1-15(2,3)14-16-13(17-20-14)10-18-8-9-19-12-7-5-4-6-11(12)18/h11-12H,4-10H2,1-3H3/t11-,12-/m1/s1. The molecule has 0 spiro atoms. The summed E-state index contributed by atoms with van der Waals surface area (Å²) in [7, 11) is 0. The van der Waals surface area contributed by atoms with Gasteiger partial charge in [0.15, 0.2) is 5.82 Å². The minimum Gasteiger partial charge on any atom is -0.375 e. The largest absolute Gasteiger partial charge is 0.375 e. The second-order valence-corrected chi connectivity index (χ2v) is 7.00. The van der Waals surface area contributed by atoms with Crippen LogP contribution in [0.4, 0.5) is 0 Å². The summed E-state index contributed by atoms with van der Waals surface area (Å²) in [4.78, 5) is 7.03. The highest BCUT2D eigenvalue weighted by atomic mass is 16.5. The van der Waals surface area contributed by atoms with Gasteiger partial charge in [0.05, 0.1) is 19.3 Å². The van der Waals surface area contributed by atoms with Crippen molar-refractivity contribution in [3.8, 4) is 0 Å². The Morgan fingerprint density at radius 3 is 2.80 bits per heavy atom. The number of hydrogen-bond donors (Lipinski definition) is 0. The Kier molecular flexibility index (Phi) is 3.82. The van der Waals surface area contributed by atoms with Gasteiger partial charge in [-0.1, -0.05) is 38.8 Å². The van der Waals surface area contributed by atoms with Crippen LogP contribution in [0.5, 0.6) is 0 Å². The van der Waals surface area contributed by atoms with Crippen molar-refractivity contribution in [2.24, 2.45) is 0 Å². The first kappa shape index (κ1) is 14.0. The molecule has 0 radical (unpaired) electrons. The van der Waals surface area contributed by atoms with Crippen LogP contribution in [-0.2, 0) is 16.7 Å². The number of ether oxygens (including phenoxy) is 1. The molecule has 20 heavy (non-hydrogen) atoms. The Labute approximate surface area is 120 Å². The normalized spacial score (nSPS) is 28.4. The zero-order valence-electron chi connectivity index (χ0n) is 12.8. The summed E-state index contributed by atoms with van der Waals surface area (Å²) < 4.78 is 11.3. The molecule has 1 aromatic heterocycles. The lowest BCUT2D eigenvalue weighted by atomic mass is 9.90. The molecule has 2 atom stereocenters. The van der Waals surface area contributed by atoms with Crippen molar-refractivity contribution in [1.82, 2.24) is 15.0 Å². The van der Waals surface area contributed by atoms with E-state index >= 15 is 0 Å². The highest BCUT2D eigenvalue weighted by Crippen LogP contribution is 2.29. The zero-order valence-corrected chi connectivity index (χ0v) is 12.8. The molecular weight excluding hydrogens is 254 g/mol. The molecule has 1 saturated carbocycles. The highest BCUT2D eigenvalue weighted by Gasteiger charge is 2.35. The second kappa shape index (κ2) is 5.45. The summed E-state index contributed by atoms with van der Waals surface area (Å²) in [5, 5.41) is 4.15. The molecule has 5 nitrogen and oxygen atoms in total. The van der Waals surface area contributed by atoms with Crippen molar-refractivity contribution in [3.05, 3.63) is 11.7 Å². The van der Waals surface area contributed by atoms with Gasteiger partial charge in [-0.05, 0) is 12.8 Å². The van der Waals surface area contributed by atoms with Crippen molar-refractivity contribution in [3.63, 3.8) is 0 Å². The molecule has 2 aliphatic rings. The Balaban J connectivity index is 1.68. The number of hydrogen-bond acceptors (Lipinski definition) is 5. The average Bonchev–Trinajstić information content (AvgIpc) is 2.88. The maximum atomic E-state index is 5.90. The van der Waals surface area contributed by atoms with Crippen molar-refractivity contribution in [2.75, 3.05) is 13.2 Å². The molecular formula is C15H25N3O2. The third kappa shape index (κ3) is 2.88. The summed E-state index contributed by atoms with van der Waals surface area (Å²) in [6.07, 6.45) is 5.44. The van der Waals surface area contributed by atoms with Gasteiger partial charge >= 0.3 is 0 Å². The van der Waals surface area contributed by atoms with Crippen molar-refractivity contribution in [1.29, 1.82) is 0 Å². The van der Waals surface area contributed by atoms with Crippen LogP contribution in [0.1, 0.15) is 58.2 Å². The molecule has 0 N–H and O–H groups in total. The van der Waals surface area contributed by atoms with E-state index < -0.39 is 0 Å². The van der Waals surface area contributed by atoms with Crippen LogP contribution < -0.4 is 0 Å². The lowest BCUT2D eigenvalue weighted by Crippen LogP contribution is -2.52. The fourth-order valence-electron chi connectivity index (χ4n) is 3.18. The van der Waals surface area contributed by atoms with Gasteiger partial charge in [-0.15, -0.1) is 0 Å². The van der Waals surface area contributed by atoms with Crippen LogP contribution in [0.2, 0.25) is 0 Å². The van der Waals surface area contributed by atoms with Gasteiger partial charge in [-0.3, -0.25) is 4.90 Å². The van der Waals surface area contributed by atoms with Crippen molar-refractivity contribution >= 4 is 0 Å². The fourth-order valence-corrected chi connectivity index (χ4v) is 3.18. The summed E-state index contributed by atoms with van der Waals surface area (Å²) in [6.45, 7) is 8.86. The first-order valence-electron chi connectivity index (χ1n) is 7.73. The van der Waals surface area contributed by atoms with Crippen LogP contribution in [0.3, 0.4) is 0 Å². The predicted molar refractivity (Wildman–Crippen MR) is 75.4 cm³/mol. The molecule has 1 aromatic rings. The SMILES string of the molecule is CC(C)(C)c1nc(CN2CCO[C@@H]3CCCC[C@H]32)no1. The average molecular weight is 279 g/mol. The molecule has 2 heterocycles. The third-order valence-corrected chi connectivity index (χ3v) is 4.30. The lowest BCUT2D eigenvalue weighted by molar-refractivity contribution is -0.0919. The Morgan fingerprint density at radius 1 is 1.25 bits per heavy atom. The van der Waals surface area contributed by atoms with Gasteiger partial charge < -0.3 is 9.26 Å². The molecule has 1 aliphatic carbocycles. The summed E-state index contributed by atoms with van der Waals surface area (Å²) in [5.74, 6) is 1.53. The maximum Gasteiger partial charge on any atom is 0.232 e. The number of rotatable bonds is 2. The molecule has 5 heteroatoms. The van der Waals surface area contributed by atoms with E-state index in [4.69, 9.17) is 9.26 Å². The predicted octanol–water partition coefficient (Wildman–Crippen LogP) is 2.51. The van der Waals surface area contributed by atoms with Gasteiger partial charge in [-0.25, -0.2) is 0 Å². The van der Waals surface area contributed by atoms with Crippen molar-refractivity contribution < 1.29 is 9.26 Å². The number of morpholine rings is 1. The Bertz CT molecular complexity index is 450. The first-order valence-corrected chi connectivity index (χ1v) is 7.73. The topological polar surface area (TPSA) is 51.4 Å². The molecule has 3 rings (SSSR count). The van der Waals surface area contributed by atoms with Crippen LogP contribution in [0.15, 0.2) is 4.52 Å². The summed E-state index contributed by atoms with van der Waals surface area (Å²) in [6, 6.07) is 0.536. The molecule has 1 saturated heterocycles. The monoisotopic (exact) mass is 279 g/mol. The van der Waals surface area contributed by atoms with Gasteiger partial charge in [-0.2, -0.15) is 4.98 Å². The summed E-state index contributed by atoms with van der Waals surface area (Å²) in [5.41, 5.74) is -0.0797. The number of nitrogens with zero attached hydrogens (tertiary/aromatic N) is 3. The van der Waals surface area contributed by atoms with Gasteiger partial charge in [0.2, 0.25) is 5.89 Å². The van der Waals surface area contributed by atoms with Crippen LogP contribution >= 0.6 is 0 Å². The van der Waals surface area contributed by atoms with E-state index in [2.05, 4.69) is 35.8 Å². The van der Waals surface area contributed by atoms with Crippen molar-refractivity contribution in [2.45, 2.75) is 70.6 Å². The van der Waals surface area contributed by atoms with E-state index in [0.29, 0.717) is 12.1 Å². The van der Waals surface area contributed by atoms with E-state index in [-0.39, 0.29) is 5.41 Å². The number of aromatic nitrogens is 2. The molecule has 112 valence electrons. The molecule has 0 unspecified atom stereocenters. The van der Waals surface area contributed by atoms with E-state index in [1.54, 1.807) is 0 Å². The van der Waals surface area contributed by atoms with Crippen LogP contribution in [0.25, 0.3) is 0 Å². The fraction of sp³-hybridized carbons (Fsp3) is 0.867. The molecule has 2 fully saturated rings. The number of fused-ring (bicyclic) bond motifs is 1.